The zero-order valence-corrected chi connectivity index (χ0v) is 11.8. The Morgan fingerprint density at radius 3 is 2.47 bits per heavy atom. The Morgan fingerprint density at radius 2 is 1.88 bits per heavy atom. The fourth-order valence-electron chi connectivity index (χ4n) is 2.52. The predicted octanol–water partition coefficient (Wildman–Crippen LogP) is 2.56. The van der Waals surface area contributed by atoms with Crippen LogP contribution in [0.3, 0.4) is 0 Å². The molecule has 1 saturated heterocycles. The minimum Gasteiger partial charge on any atom is -0.465 e. The van der Waals surface area contributed by atoms with E-state index in [-0.39, 0.29) is 11.9 Å². The first-order valence-electron chi connectivity index (χ1n) is 6.24. The van der Waals surface area contributed by atoms with Gasteiger partial charge in [0.05, 0.1) is 20.6 Å². The van der Waals surface area contributed by atoms with Crippen LogP contribution in [0.15, 0.2) is 30.3 Å². The SMILES string of the molecule is CC1CC([Si](C)(C)c2ccccc2)COC1=O. The molecule has 0 N–H and O–H groups in total. The minimum absolute atomic E-state index is 0.0286. The maximum absolute atomic E-state index is 11.4. The van der Waals surface area contributed by atoms with Crippen molar-refractivity contribution < 1.29 is 9.53 Å². The number of rotatable bonds is 2. The van der Waals surface area contributed by atoms with Crippen LogP contribution in [0.4, 0.5) is 0 Å². The van der Waals surface area contributed by atoms with Gasteiger partial charge in [0.2, 0.25) is 0 Å². The third-order valence-corrected chi connectivity index (χ3v) is 8.27. The highest BCUT2D eigenvalue weighted by Crippen LogP contribution is 2.33. The molecule has 0 bridgehead atoms. The lowest BCUT2D eigenvalue weighted by molar-refractivity contribution is -0.152. The number of carbonyl (C=O) groups is 1. The summed E-state index contributed by atoms with van der Waals surface area (Å²) in [6.07, 6.45) is 0.979. The van der Waals surface area contributed by atoms with Gasteiger partial charge in [0, 0.05) is 0 Å². The normalized spacial score (nSPS) is 25.5. The van der Waals surface area contributed by atoms with Crippen molar-refractivity contribution in [3.63, 3.8) is 0 Å². The Labute approximate surface area is 104 Å². The molecule has 1 fully saturated rings. The van der Waals surface area contributed by atoms with Gasteiger partial charge in [0.15, 0.2) is 0 Å². The molecule has 92 valence electrons. The molecule has 0 spiro atoms. The van der Waals surface area contributed by atoms with Crippen molar-refractivity contribution in [1.29, 1.82) is 0 Å². The molecule has 0 aromatic heterocycles. The van der Waals surface area contributed by atoms with E-state index in [1.165, 1.54) is 5.19 Å². The summed E-state index contributed by atoms with van der Waals surface area (Å²) in [5.74, 6) is 0.0309. The number of cyclic esters (lactones) is 1. The third-order valence-electron chi connectivity index (χ3n) is 4.01. The van der Waals surface area contributed by atoms with Crippen LogP contribution < -0.4 is 5.19 Å². The number of benzene rings is 1. The van der Waals surface area contributed by atoms with E-state index in [4.69, 9.17) is 4.74 Å². The lowest BCUT2D eigenvalue weighted by Gasteiger charge is -2.37. The van der Waals surface area contributed by atoms with Crippen LogP contribution in [0.1, 0.15) is 13.3 Å². The molecule has 1 aliphatic rings. The summed E-state index contributed by atoms with van der Waals surface area (Å²) in [5, 5.41) is 1.45. The van der Waals surface area contributed by atoms with Gasteiger partial charge in [0.25, 0.3) is 0 Å². The summed E-state index contributed by atoms with van der Waals surface area (Å²) in [6, 6.07) is 10.7. The van der Waals surface area contributed by atoms with Crippen molar-refractivity contribution >= 4 is 19.2 Å². The number of carbonyl (C=O) groups excluding carboxylic acids is 1. The maximum atomic E-state index is 11.4. The van der Waals surface area contributed by atoms with E-state index >= 15 is 0 Å². The maximum Gasteiger partial charge on any atom is 0.308 e. The first-order valence-corrected chi connectivity index (χ1v) is 9.31. The molecular weight excluding hydrogens is 228 g/mol. The molecule has 2 atom stereocenters. The summed E-state index contributed by atoms with van der Waals surface area (Å²) in [6.45, 7) is 7.33. The van der Waals surface area contributed by atoms with Gasteiger partial charge in [-0.1, -0.05) is 55.5 Å². The highest BCUT2D eigenvalue weighted by atomic mass is 28.3. The van der Waals surface area contributed by atoms with Gasteiger partial charge >= 0.3 is 5.97 Å². The highest BCUT2D eigenvalue weighted by molar-refractivity contribution is 6.91. The molecule has 1 aromatic rings. The molecule has 0 aliphatic carbocycles. The van der Waals surface area contributed by atoms with Gasteiger partial charge in [-0.2, -0.15) is 0 Å². The average Bonchev–Trinajstić information content (AvgIpc) is 2.33. The second-order valence-electron chi connectivity index (χ2n) is 5.55. The molecule has 1 aliphatic heterocycles. The number of ether oxygens (including phenoxy) is 1. The van der Waals surface area contributed by atoms with E-state index in [1.807, 2.05) is 6.92 Å². The average molecular weight is 248 g/mol. The van der Waals surface area contributed by atoms with E-state index in [9.17, 15) is 4.79 Å². The summed E-state index contributed by atoms with van der Waals surface area (Å²) in [7, 11) is -1.53. The van der Waals surface area contributed by atoms with Crippen molar-refractivity contribution in [2.45, 2.75) is 32.0 Å². The molecule has 0 radical (unpaired) electrons. The molecule has 17 heavy (non-hydrogen) atoms. The topological polar surface area (TPSA) is 26.3 Å². The van der Waals surface area contributed by atoms with Crippen LogP contribution in [0, 0.1) is 5.92 Å². The van der Waals surface area contributed by atoms with Crippen molar-refractivity contribution in [1.82, 2.24) is 0 Å². The third kappa shape index (κ3) is 2.44. The fourth-order valence-corrected chi connectivity index (χ4v) is 5.49. The smallest absolute Gasteiger partial charge is 0.308 e. The van der Waals surface area contributed by atoms with Gasteiger partial charge in [-0.15, -0.1) is 0 Å². The van der Waals surface area contributed by atoms with E-state index in [0.29, 0.717) is 12.1 Å². The van der Waals surface area contributed by atoms with Crippen LogP contribution in [0.2, 0.25) is 18.6 Å². The molecule has 1 aromatic carbocycles. The van der Waals surface area contributed by atoms with E-state index in [2.05, 4.69) is 43.4 Å². The summed E-state index contributed by atoms with van der Waals surface area (Å²) in [4.78, 5) is 11.4. The zero-order chi connectivity index (χ0) is 12.5. The second-order valence-corrected chi connectivity index (χ2v) is 10.4. The molecule has 3 heteroatoms. The number of hydrogen-bond acceptors (Lipinski definition) is 2. The second kappa shape index (κ2) is 4.65. The molecule has 1 heterocycles. The predicted molar refractivity (Wildman–Crippen MR) is 72.0 cm³/mol. The van der Waals surface area contributed by atoms with Gasteiger partial charge in [-0.25, -0.2) is 0 Å². The van der Waals surface area contributed by atoms with Crippen LogP contribution in [-0.4, -0.2) is 20.7 Å². The lowest BCUT2D eigenvalue weighted by Crippen LogP contribution is -2.50. The quantitative estimate of drug-likeness (QED) is 0.594. The largest absolute Gasteiger partial charge is 0.465 e. The van der Waals surface area contributed by atoms with Crippen molar-refractivity contribution in [2.24, 2.45) is 5.92 Å². The summed E-state index contributed by atoms with van der Waals surface area (Å²) < 4.78 is 5.31. The molecule has 2 rings (SSSR count). The monoisotopic (exact) mass is 248 g/mol. The van der Waals surface area contributed by atoms with Crippen LogP contribution in [-0.2, 0) is 9.53 Å². The molecule has 2 nitrogen and oxygen atoms in total. The molecule has 2 unspecified atom stereocenters. The van der Waals surface area contributed by atoms with Crippen LogP contribution >= 0.6 is 0 Å². The fraction of sp³-hybridized carbons (Fsp3) is 0.500. The van der Waals surface area contributed by atoms with E-state index < -0.39 is 8.07 Å². The van der Waals surface area contributed by atoms with Crippen LogP contribution in [0.25, 0.3) is 0 Å². The standard InChI is InChI=1S/C14H20O2Si/c1-11-9-13(10-16-14(11)15)17(2,3)12-7-5-4-6-8-12/h4-8,11,13H,9-10H2,1-3H3. The van der Waals surface area contributed by atoms with Gasteiger partial charge in [-0.3, -0.25) is 4.79 Å². The summed E-state index contributed by atoms with van der Waals surface area (Å²) >= 11 is 0. The Bertz CT molecular complexity index is 400. The van der Waals surface area contributed by atoms with Crippen LogP contribution in [0.5, 0.6) is 0 Å². The number of esters is 1. The molecule has 0 amide bonds. The molecular formula is C14H20O2Si. The summed E-state index contributed by atoms with van der Waals surface area (Å²) in [5.41, 5.74) is 0.539. The van der Waals surface area contributed by atoms with Gasteiger partial charge in [-0.05, 0) is 12.0 Å². The Morgan fingerprint density at radius 1 is 1.24 bits per heavy atom. The minimum atomic E-state index is -1.53. The number of hydrogen-bond donors (Lipinski definition) is 0. The van der Waals surface area contributed by atoms with Gasteiger partial charge < -0.3 is 4.74 Å². The highest BCUT2D eigenvalue weighted by Gasteiger charge is 2.39. The van der Waals surface area contributed by atoms with Gasteiger partial charge in [0.1, 0.15) is 0 Å². The van der Waals surface area contributed by atoms with E-state index in [1.54, 1.807) is 0 Å². The van der Waals surface area contributed by atoms with Crippen molar-refractivity contribution in [3.05, 3.63) is 30.3 Å². The first-order chi connectivity index (χ1) is 8.01. The Kier molecular flexibility index (Phi) is 3.38. The Balaban J connectivity index is 2.19. The van der Waals surface area contributed by atoms with Crippen molar-refractivity contribution in [2.75, 3.05) is 6.61 Å². The Hall–Kier alpha value is -1.09. The van der Waals surface area contributed by atoms with Crippen molar-refractivity contribution in [3.8, 4) is 0 Å². The zero-order valence-electron chi connectivity index (χ0n) is 10.8. The lowest BCUT2D eigenvalue weighted by atomic mass is 10.0. The molecule has 0 saturated carbocycles. The van der Waals surface area contributed by atoms with E-state index in [0.717, 1.165) is 6.42 Å². The first kappa shape index (κ1) is 12.4.